The zero-order chi connectivity index (χ0) is 17.3. The molecule has 1 aromatic carbocycles. The van der Waals surface area contributed by atoms with Crippen LogP contribution in [0.25, 0.3) is 11.6 Å². The highest BCUT2D eigenvalue weighted by Crippen LogP contribution is 2.38. The number of ether oxygens (including phenoxy) is 2. The number of halogens is 1. The molecule has 0 unspecified atom stereocenters. The van der Waals surface area contributed by atoms with Crippen molar-refractivity contribution in [3.05, 3.63) is 28.0 Å². The molecular weight excluding hydrogens is 376 g/mol. The maximum absolute atomic E-state index is 9.50. The Bertz CT molecular complexity index is 875. The highest BCUT2D eigenvalue weighted by Gasteiger charge is 2.17. The van der Waals surface area contributed by atoms with Gasteiger partial charge < -0.3 is 20.1 Å². The summed E-state index contributed by atoms with van der Waals surface area (Å²) in [5.41, 5.74) is 6.71. The highest BCUT2D eigenvalue weighted by molar-refractivity contribution is 9.10. The summed E-state index contributed by atoms with van der Waals surface area (Å²) in [5, 5.41) is 9.50. The molecule has 9 heteroatoms. The van der Waals surface area contributed by atoms with Crippen molar-refractivity contribution in [2.75, 3.05) is 31.5 Å². The van der Waals surface area contributed by atoms with Crippen LogP contribution in [0.5, 0.6) is 11.5 Å². The third-order valence-corrected chi connectivity index (χ3v) is 3.88. The van der Waals surface area contributed by atoms with Gasteiger partial charge in [-0.15, -0.1) is 0 Å². The molecule has 0 saturated heterocycles. The molecule has 1 aliphatic rings. The Morgan fingerprint density at radius 3 is 2.67 bits per heavy atom. The largest absolute Gasteiger partial charge is 0.454 e. The Morgan fingerprint density at radius 2 is 2.00 bits per heavy atom. The van der Waals surface area contributed by atoms with E-state index in [1.165, 1.54) is 0 Å². The van der Waals surface area contributed by atoms with Crippen molar-refractivity contribution in [1.82, 2.24) is 15.0 Å². The molecule has 8 nitrogen and oxygen atoms in total. The lowest BCUT2D eigenvalue weighted by Crippen LogP contribution is -2.15. The Hall–Kier alpha value is -2.86. The predicted molar refractivity (Wildman–Crippen MR) is 92.3 cm³/mol. The number of nitrogen functional groups attached to an aromatic ring is 1. The molecule has 1 aliphatic heterocycles. The first-order valence-corrected chi connectivity index (χ1v) is 7.67. The third kappa shape index (κ3) is 3.09. The summed E-state index contributed by atoms with van der Waals surface area (Å²) in [5.74, 6) is 1.90. The highest BCUT2D eigenvalue weighted by atomic mass is 79.9. The number of nitrogens with two attached hydrogens (primary N) is 1. The average molecular weight is 389 g/mol. The fraction of sp³-hybridized carbons (Fsp3) is 0.200. The smallest absolute Gasteiger partial charge is 0.231 e. The quantitative estimate of drug-likeness (QED) is 0.795. The van der Waals surface area contributed by atoms with E-state index in [9.17, 15) is 5.26 Å². The Morgan fingerprint density at radius 1 is 1.29 bits per heavy atom. The first kappa shape index (κ1) is 16.0. The van der Waals surface area contributed by atoms with Crippen LogP contribution in [-0.2, 0) is 0 Å². The minimum atomic E-state index is 0.0506. The number of anilines is 2. The first-order chi connectivity index (χ1) is 11.5. The van der Waals surface area contributed by atoms with Gasteiger partial charge in [0.15, 0.2) is 17.3 Å². The molecule has 0 amide bonds. The van der Waals surface area contributed by atoms with E-state index in [1.54, 1.807) is 37.2 Å². The van der Waals surface area contributed by atoms with Crippen LogP contribution < -0.4 is 20.1 Å². The molecule has 2 N–H and O–H groups in total. The Kier molecular flexibility index (Phi) is 4.22. The molecule has 0 fully saturated rings. The number of benzene rings is 1. The zero-order valence-corrected chi connectivity index (χ0v) is 14.5. The van der Waals surface area contributed by atoms with Gasteiger partial charge in [-0.3, -0.25) is 0 Å². The second-order valence-electron chi connectivity index (χ2n) is 5.11. The van der Waals surface area contributed by atoms with Crippen LogP contribution in [0.4, 0.5) is 11.9 Å². The van der Waals surface area contributed by atoms with Crippen LogP contribution in [-0.4, -0.2) is 35.8 Å². The topological polar surface area (TPSA) is 110 Å². The lowest BCUT2D eigenvalue weighted by atomic mass is 10.1. The molecule has 0 bridgehead atoms. The molecule has 0 radical (unpaired) electrons. The summed E-state index contributed by atoms with van der Waals surface area (Å²) in [6.07, 6.45) is 1.65. The van der Waals surface area contributed by atoms with Crippen molar-refractivity contribution in [3.8, 4) is 17.6 Å². The lowest BCUT2D eigenvalue weighted by Gasteiger charge is -2.11. The molecule has 3 rings (SSSR count). The molecule has 2 aromatic rings. The zero-order valence-electron chi connectivity index (χ0n) is 12.9. The van der Waals surface area contributed by atoms with E-state index in [2.05, 4.69) is 37.0 Å². The molecule has 1 aromatic heterocycles. The number of nitrogens with zero attached hydrogens (tertiary/aromatic N) is 5. The van der Waals surface area contributed by atoms with E-state index >= 15 is 0 Å². The number of rotatable bonds is 3. The maximum atomic E-state index is 9.50. The maximum Gasteiger partial charge on any atom is 0.231 e. The van der Waals surface area contributed by atoms with Crippen molar-refractivity contribution >= 4 is 39.5 Å². The van der Waals surface area contributed by atoms with Crippen molar-refractivity contribution in [2.24, 2.45) is 0 Å². The van der Waals surface area contributed by atoms with Gasteiger partial charge in [0.05, 0.1) is 5.57 Å². The molecular formula is C15H13BrN6O2. The Balaban J connectivity index is 2.07. The van der Waals surface area contributed by atoms with Crippen LogP contribution in [0, 0.1) is 11.3 Å². The van der Waals surface area contributed by atoms with Gasteiger partial charge in [-0.2, -0.15) is 20.2 Å². The molecule has 2 heterocycles. The van der Waals surface area contributed by atoms with Gasteiger partial charge in [-0.05, 0) is 23.8 Å². The Labute approximate surface area is 146 Å². The summed E-state index contributed by atoms with van der Waals surface area (Å²) in [4.78, 5) is 14.0. The fourth-order valence-electron chi connectivity index (χ4n) is 2.05. The standard InChI is InChI=1S/C15H13BrN6O2/c1-22(2)15-20-13(19-14(18)21-15)9(6-17)3-8-4-11-12(5-10(8)16)24-7-23-11/h3-5H,7H2,1-2H3,(H2,18,19,20,21). The summed E-state index contributed by atoms with van der Waals surface area (Å²) >= 11 is 3.46. The van der Waals surface area contributed by atoms with Gasteiger partial charge in [0, 0.05) is 18.6 Å². The molecule has 122 valence electrons. The van der Waals surface area contributed by atoms with Gasteiger partial charge in [-0.25, -0.2) is 0 Å². The SMILES string of the molecule is CN(C)c1nc(N)nc(C(C#N)=Cc2cc3c(cc2Br)OCO3)n1. The predicted octanol–water partition coefficient (Wildman–Crippen LogP) is 2.08. The van der Waals surface area contributed by atoms with Crippen LogP contribution in [0.2, 0.25) is 0 Å². The second-order valence-corrected chi connectivity index (χ2v) is 5.96. The van der Waals surface area contributed by atoms with Gasteiger partial charge in [0.2, 0.25) is 18.7 Å². The molecule has 0 atom stereocenters. The van der Waals surface area contributed by atoms with Gasteiger partial charge in [0.1, 0.15) is 6.07 Å². The van der Waals surface area contributed by atoms with E-state index in [4.69, 9.17) is 15.2 Å². The summed E-state index contributed by atoms with van der Waals surface area (Å²) in [6.45, 7) is 0.177. The van der Waals surface area contributed by atoms with Crippen molar-refractivity contribution < 1.29 is 9.47 Å². The third-order valence-electron chi connectivity index (χ3n) is 3.19. The van der Waals surface area contributed by atoms with Gasteiger partial charge >= 0.3 is 0 Å². The fourth-order valence-corrected chi connectivity index (χ4v) is 2.48. The number of hydrogen-bond donors (Lipinski definition) is 1. The number of allylic oxidation sites excluding steroid dienone is 1. The van der Waals surface area contributed by atoms with Crippen molar-refractivity contribution in [3.63, 3.8) is 0 Å². The minimum Gasteiger partial charge on any atom is -0.454 e. The first-order valence-electron chi connectivity index (χ1n) is 6.88. The number of fused-ring (bicyclic) bond motifs is 1. The summed E-state index contributed by atoms with van der Waals surface area (Å²) in [6, 6.07) is 5.66. The van der Waals surface area contributed by atoms with E-state index in [0.29, 0.717) is 17.4 Å². The number of hydrogen-bond acceptors (Lipinski definition) is 8. The van der Waals surface area contributed by atoms with E-state index in [0.717, 1.165) is 10.0 Å². The van der Waals surface area contributed by atoms with E-state index in [1.807, 2.05) is 0 Å². The van der Waals surface area contributed by atoms with Crippen LogP contribution in [0.1, 0.15) is 11.4 Å². The molecule has 0 spiro atoms. The second kappa shape index (κ2) is 6.33. The number of nitriles is 1. The minimum absolute atomic E-state index is 0.0506. The van der Waals surface area contributed by atoms with Gasteiger partial charge in [0.25, 0.3) is 0 Å². The summed E-state index contributed by atoms with van der Waals surface area (Å²) < 4.78 is 11.4. The number of aromatic nitrogens is 3. The van der Waals surface area contributed by atoms with Crippen LogP contribution in [0.3, 0.4) is 0 Å². The molecule has 0 aliphatic carbocycles. The van der Waals surface area contributed by atoms with Gasteiger partial charge in [-0.1, -0.05) is 15.9 Å². The lowest BCUT2D eigenvalue weighted by molar-refractivity contribution is 0.174. The van der Waals surface area contributed by atoms with E-state index in [-0.39, 0.29) is 24.1 Å². The molecule has 24 heavy (non-hydrogen) atoms. The average Bonchev–Trinajstić information content (AvgIpc) is 2.98. The monoisotopic (exact) mass is 388 g/mol. The molecule has 0 saturated carbocycles. The van der Waals surface area contributed by atoms with Crippen LogP contribution in [0.15, 0.2) is 16.6 Å². The normalized spacial score (nSPS) is 12.8. The van der Waals surface area contributed by atoms with Crippen molar-refractivity contribution in [1.29, 1.82) is 5.26 Å². The van der Waals surface area contributed by atoms with Crippen LogP contribution >= 0.6 is 15.9 Å². The van der Waals surface area contributed by atoms with Crippen molar-refractivity contribution in [2.45, 2.75) is 0 Å². The summed E-state index contributed by atoms with van der Waals surface area (Å²) in [7, 11) is 3.56. The van der Waals surface area contributed by atoms with E-state index < -0.39 is 0 Å².